The minimum Gasteiger partial charge on any atom is -0.348 e. The fraction of sp³-hybridized carbons (Fsp3) is 0.176. The zero-order valence-corrected chi connectivity index (χ0v) is 13.2. The lowest BCUT2D eigenvalue weighted by atomic mass is 10.2. The van der Waals surface area contributed by atoms with Gasteiger partial charge in [-0.15, -0.1) is 0 Å². The van der Waals surface area contributed by atoms with Crippen LogP contribution in [0.3, 0.4) is 0 Å². The molecular formula is C17H16N6O. The molecule has 4 rings (SSSR count). The van der Waals surface area contributed by atoms with E-state index in [2.05, 4.69) is 25.1 Å². The molecule has 0 saturated heterocycles. The molecule has 0 aliphatic carbocycles. The fourth-order valence-corrected chi connectivity index (χ4v) is 2.56. The average Bonchev–Trinajstić information content (AvgIpc) is 3.34. The summed E-state index contributed by atoms with van der Waals surface area (Å²) in [5.41, 5.74) is 2.78. The molecule has 0 saturated carbocycles. The molecule has 7 heteroatoms. The highest BCUT2D eigenvalue weighted by atomic mass is 16.5. The normalized spacial score (nSPS) is 11.0. The van der Waals surface area contributed by atoms with Crippen molar-refractivity contribution in [2.24, 2.45) is 0 Å². The number of aromatic amines is 1. The fourth-order valence-electron chi connectivity index (χ4n) is 2.56. The zero-order chi connectivity index (χ0) is 16.4. The lowest BCUT2D eigenvalue weighted by Crippen LogP contribution is -2.04. The number of imidazole rings is 2. The van der Waals surface area contributed by atoms with E-state index < -0.39 is 0 Å². The summed E-state index contributed by atoms with van der Waals surface area (Å²) in [7, 11) is 0. The zero-order valence-electron chi connectivity index (χ0n) is 13.2. The highest BCUT2D eigenvalue weighted by Gasteiger charge is 2.13. The van der Waals surface area contributed by atoms with Gasteiger partial charge in [-0.3, -0.25) is 0 Å². The van der Waals surface area contributed by atoms with Crippen LogP contribution in [0.5, 0.6) is 0 Å². The van der Waals surface area contributed by atoms with Crippen LogP contribution in [-0.2, 0) is 13.0 Å². The van der Waals surface area contributed by atoms with Crippen molar-refractivity contribution in [1.82, 2.24) is 29.7 Å². The first-order valence-electron chi connectivity index (χ1n) is 7.71. The summed E-state index contributed by atoms with van der Waals surface area (Å²) in [4.78, 5) is 16.3. The van der Waals surface area contributed by atoms with Gasteiger partial charge in [0.25, 0.3) is 5.89 Å². The van der Waals surface area contributed by atoms with Crippen LogP contribution in [0.4, 0.5) is 0 Å². The summed E-state index contributed by atoms with van der Waals surface area (Å²) < 4.78 is 7.38. The summed E-state index contributed by atoms with van der Waals surface area (Å²) in [5, 5.41) is 4.06. The third kappa shape index (κ3) is 2.71. The van der Waals surface area contributed by atoms with Crippen LogP contribution in [0, 0.1) is 6.92 Å². The highest BCUT2D eigenvalue weighted by molar-refractivity contribution is 5.53. The van der Waals surface area contributed by atoms with E-state index >= 15 is 0 Å². The number of H-pyrrole nitrogens is 1. The Hall–Kier alpha value is -3.22. The van der Waals surface area contributed by atoms with Crippen molar-refractivity contribution in [2.75, 3.05) is 0 Å². The quantitative estimate of drug-likeness (QED) is 0.611. The van der Waals surface area contributed by atoms with Gasteiger partial charge in [0.05, 0.1) is 6.33 Å². The van der Waals surface area contributed by atoms with Gasteiger partial charge in [-0.05, 0) is 19.1 Å². The maximum absolute atomic E-state index is 5.34. The smallest absolute Gasteiger partial charge is 0.257 e. The molecular weight excluding hydrogens is 304 g/mol. The minimum absolute atomic E-state index is 0.541. The molecule has 4 aromatic rings. The van der Waals surface area contributed by atoms with Crippen LogP contribution in [0.1, 0.15) is 11.5 Å². The third-order valence-electron chi connectivity index (χ3n) is 3.82. The molecule has 0 unspecified atom stereocenters. The number of nitrogens with one attached hydrogen (secondary N) is 1. The molecule has 1 aromatic carbocycles. The first-order valence-corrected chi connectivity index (χ1v) is 7.71. The Labute approximate surface area is 138 Å². The lowest BCUT2D eigenvalue weighted by molar-refractivity contribution is 0.420. The number of hydrogen-bond acceptors (Lipinski definition) is 5. The van der Waals surface area contributed by atoms with E-state index in [9.17, 15) is 0 Å². The van der Waals surface area contributed by atoms with Crippen LogP contribution in [0.25, 0.3) is 23.0 Å². The van der Waals surface area contributed by atoms with Gasteiger partial charge in [0.15, 0.2) is 11.6 Å². The summed E-state index contributed by atoms with van der Waals surface area (Å²) in [6, 6.07) is 9.75. The van der Waals surface area contributed by atoms with E-state index in [4.69, 9.17) is 4.52 Å². The molecule has 1 N–H and O–H groups in total. The van der Waals surface area contributed by atoms with Crippen molar-refractivity contribution in [3.05, 3.63) is 60.6 Å². The predicted octanol–water partition coefficient (Wildman–Crippen LogP) is 2.87. The molecule has 0 aliphatic rings. The molecule has 3 heterocycles. The van der Waals surface area contributed by atoms with Crippen molar-refractivity contribution in [1.29, 1.82) is 0 Å². The number of benzene rings is 1. The molecule has 7 nitrogen and oxygen atoms in total. The van der Waals surface area contributed by atoms with E-state index in [0.717, 1.165) is 22.8 Å². The molecule has 3 aromatic heterocycles. The van der Waals surface area contributed by atoms with Gasteiger partial charge in [-0.2, -0.15) is 4.98 Å². The van der Waals surface area contributed by atoms with Crippen LogP contribution in [0.15, 0.2) is 53.6 Å². The maximum Gasteiger partial charge on any atom is 0.257 e. The lowest BCUT2D eigenvalue weighted by Gasteiger charge is -2.04. The van der Waals surface area contributed by atoms with Gasteiger partial charge in [0, 0.05) is 36.6 Å². The van der Waals surface area contributed by atoms with Crippen molar-refractivity contribution in [3.8, 4) is 23.0 Å². The summed E-state index contributed by atoms with van der Waals surface area (Å²) in [5.74, 6) is 2.05. The number of aromatic nitrogens is 6. The first kappa shape index (κ1) is 14.4. The number of rotatable bonds is 5. The van der Waals surface area contributed by atoms with Gasteiger partial charge in [0.2, 0.25) is 0 Å². The first-order chi connectivity index (χ1) is 11.8. The van der Waals surface area contributed by atoms with E-state index in [1.165, 1.54) is 0 Å². The predicted molar refractivity (Wildman–Crippen MR) is 88.0 cm³/mol. The molecule has 0 aliphatic heterocycles. The largest absolute Gasteiger partial charge is 0.348 e. The Balaban J connectivity index is 1.50. The van der Waals surface area contributed by atoms with Crippen molar-refractivity contribution >= 4 is 0 Å². The molecule has 24 heavy (non-hydrogen) atoms. The van der Waals surface area contributed by atoms with Crippen LogP contribution in [0.2, 0.25) is 0 Å². The minimum atomic E-state index is 0.541. The van der Waals surface area contributed by atoms with Gasteiger partial charge >= 0.3 is 0 Å². The maximum atomic E-state index is 5.34. The van der Waals surface area contributed by atoms with Crippen molar-refractivity contribution in [3.63, 3.8) is 0 Å². The van der Waals surface area contributed by atoms with E-state index in [-0.39, 0.29) is 0 Å². The molecule has 0 bridgehead atoms. The highest BCUT2D eigenvalue weighted by Crippen LogP contribution is 2.19. The molecule has 0 atom stereocenters. The third-order valence-corrected chi connectivity index (χ3v) is 3.82. The number of nitrogens with zero attached hydrogens (tertiary/aromatic N) is 5. The van der Waals surface area contributed by atoms with Gasteiger partial charge in [0.1, 0.15) is 5.69 Å². The average molecular weight is 320 g/mol. The number of hydrogen-bond donors (Lipinski definition) is 1. The summed E-state index contributed by atoms with van der Waals surface area (Å²) in [6.45, 7) is 2.68. The van der Waals surface area contributed by atoms with Gasteiger partial charge in [-0.25, -0.2) is 9.97 Å². The summed E-state index contributed by atoms with van der Waals surface area (Å²) >= 11 is 0. The summed E-state index contributed by atoms with van der Waals surface area (Å²) in [6.07, 6.45) is 6.04. The second kappa shape index (κ2) is 6.11. The molecule has 0 fully saturated rings. The van der Waals surface area contributed by atoms with Crippen LogP contribution in [-0.4, -0.2) is 29.7 Å². The van der Waals surface area contributed by atoms with Crippen molar-refractivity contribution in [2.45, 2.75) is 19.9 Å². The van der Waals surface area contributed by atoms with Crippen molar-refractivity contribution < 1.29 is 4.52 Å². The monoisotopic (exact) mass is 320 g/mol. The molecule has 0 spiro atoms. The van der Waals surface area contributed by atoms with Crippen LogP contribution >= 0.6 is 0 Å². The Morgan fingerprint density at radius 1 is 1.17 bits per heavy atom. The Morgan fingerprint density at radius 3 is 2.83 bits per heavy atom. The van der Waals surface area contributed by atoms with Crippen LogP contribution < -0.4 is 0 Å². The van der Waals surface area contributed by atoms with E-state index in [1.807, 2.05) is 48.0 Å². The Bertz CT molecular complexity index is 937. The molecule has 120 valence electrons. The standard InChI is InChI=1S/C17H16N6O/c1-12-15(20-11-19-12)16-18-8-10-23(16)9-7-14-21-17(24-22-14)13-5-3-2-4-6-13/h2-6,8,10-11H,7,9H2,1H3,(H,19,20). The SMILES string of the molecule is Cc1[nH]cnc1-c1nccn1CCc1noc(-c2ccccc2)n1. The van der Waals surface area contributed by atoms with Gasteiger partial charge < -0.3 is 14.1 Å². The Morgan fingerprint density at radius 2 is 2.04 bits per heavy atom. The Kier molecular flexibility index (Phi) is 3.66. The van der Waals surface area contributed by atoms with E-state index in [0.29, 0.717) is 24.7 Å². The topological polar surface area (TPSA) is 85.4 Å². The van der Waals surface area contributed by atoms with E-state index in [1.54, 1.807) is 12.5 Å². The second-order valence-electron chi connectivity index (χ2n) is 5.45. The molecule has 0 amide bonds. The molecule has 0 radical (unpaired) electrons. The number of aryl methyl sites for hydroxylation is 3. The van der Waals surface area contributed by atoms with Gasteiger partial charge in [-0.1, -0.05) is 23.4 Å². The second-order valence-corrected chi connectivity index (χ2v) is 5.45.